The Labute approximate surface area is 238 Å². The fraction of sp³-hybridized carbons (Fsp3) is 0.414. The summed E-state index contributed by atoms with van der Waals surface area (Å²) in [6.45, 7) is 7.52. The van der Waals surface area contributed by atoms with Crippen LogP contribution in [0.4, 0.5) is 26.1 Å². The van der Waals surface area contributed by atoms with Gasteiger partial charge in [-0.25, -0.2) is 27.2 Å². The number of nitrogens with one attached hydrogen (secondary N) is 2. The molecule has 41 heavy (non-hydrogen) atoms. The van der Waals surface area contributed by atoms with Gasteiger partial charge in [0.2, 0.25) is 5.95 Å². The summed E-state index contributed by atoms with van der Waals surface area (Å²) in [5.41, 5.74) is 4.79. The topological polar surface area (TPSA) is 103 Å². The monoisotopic (exact) mass is 581 g/mol. The first-order valence-corrected chi connectivity index (χ1v) is 15.7. The minimum Gasteiger partial charge on any atom is -0.324 e. The number of fused-ring (bicyclic) bond motifs is 1. The Kier molecular flexibility index (Phi) is 7.82. The second-order valence-electron chi connectivity index (χ2n) is 10.9. The van der Waals surface area contributed by atoms with Crippen LogP contribution >= 0.6 is 0 Å². The Morgan fingerprint density at radius 1 is 1.00 bits per heavy atom. The van der Waals surface area contributed by atoms with Crippen LogP contribution in [-0.2, 0) is 22.9 Å². The van der Waals surface area contributed by atoms with E-state index in [9.17, 15) is 8.42 Å². The van der Waals surface area contributed by atoms with Crippen molar-refractivity contribution in [3.63, 3.8) is 0 Å². The van der Waals surface area contributed by atoms with Gasteiger partial charge in [0.25, 0.3) is 0 Å². The van der Waals surface area contributed by atoms with Crippen LogP contribution in [0.3, 0.4) is 0 Å². The molecule has 0 spiro atoms. The maximum absolute atomic E-state index is 15.2. The highest BCUT2D eigenvalue weighted by Crippen LogP contribution is 2.36. The van der Waals surface area contributed by atoms with Crippen molar-refractivity contribution in [2.75, 3.05) is 56.1 Å². The normalized spacial score (nSPS) is 20.7. The smallest absolute Gasteiger partial charge is 0.227 e. The Hall–Kier alpha value is -3.32. The second-order valence-corrected chi connectivity index (χ2v) is 13.2. The van der Waals surface area contributed by atoms with Crippen LogP contribution in [0.25, 0.3) is 0 Å². The quantitative estimate of drug-likeness (QED) is 0.439. The zero-order chi connectivity index (χ0) is 28.6. The standard InChI is InChI=1S/C29H33F2N7O2S/c1-19-2-3-22(12-21(19)17-37-6-4-32-5-7-37)35-29-34-16-27-28(36-29)23(15-33-27)20-13-25(30)24(26(31)14-20)18-38-8-10-41(39,40)11-9-38/h2-3,12-16,23,32H,4-11,17-18H2,1H3,(H,34,35,36). The Balaban J connectivity index is 1.18. The van der Waals surface area contributed by atoms with Crippen molar-refractivity contribution < 1.29 is 17.2 Å². The van der Waals surface area contributed by atoms with Gasteiger partial charge in [0.05, 0.1) is 29.3 Å². The van der Waals surface area contributed by atoms with Crippen LogP contribution in [0.1, 0.15) is 33.9 Å². The highest BCUT2D eigenvalue weighted by Gasteiger charge is 2.28. The average molecular weight is 582 g/mol. The van der Waals surface area contributed by atoms with Crippen molar-refractivity contribution in [1.29, 1.82) is 0 Å². The molecule has 1 atom stereocenters. The number of aliphatic imine (C=N–C) groups is 1. The van der Waals surface area contributed by atoms with Crippen LogP contribution < -0.4 is 10.6 Å². The minimum absolute atomic E-state index is 0.000221. The number of hydrogen-bond donors (Lipinski definition) is 2. The molecule has 12 heteroatoms. The average Bonchev–Trinajstić information content (AvgIpc) is 3.37. The van der Waals surface area contributed by atoms with Crippen molar-refractivity contribution >= 4 is 33.4 Å². The van der Waals surface area contributed by atoms with Gasteiger partial charge < -0.3 is 10.6 Å². The number of anilines is 2. The molecule has 6 rings (SSSR count). The van der Waals surface area contributed by atoms with Gasteiger partial charge in [-0.05, 0) is 47.9 Å². The summed E-state index contributed by atoms with van der Waals surface area (Å²) in [7, 11) is -3.07. The number of sulfone groups is 1. The molecule has 9 nitrogen and oxygen atoms in total. The number of benzene rings is 2. The van der Waals surface area contributed by atoms with Crippen molar-refractivity contribution in [2.24, 2.45) is 4.99 Å². The van der Waals surface area contributed by atoms with E-state index in [2.05, 4.69) is 49.6 Å². The fourth-order valence-electron chi connectivity index (χ4n) is 5.49. The number of aromatic nitrogens is 2. The van der Waals surface area contributed by atoms with Crippen LogP contribution in [0.15, 0.2) is 41.5 Å². The zero-order valence-electron chi connectivity index (χ0n) is 22.9. The molecule has 1 aromatic heterocycles. The largest absolute Gasteiger partial charge is 0.324 e. The van der Waals surface area contributed by atoms with Crippen LogP contribution in [0.5, 0.6) is 0 Å². The minimum atomic E-state index is -3.07. The summed E-state index contributed by atoms with van der Waals surface area (Å²) in [4.78, 5) is 17.7. The SMILES string of the molecule is Cc1ccc(Nc2ncc3c(n2)C(c2cc(F)c(CN4CCS(=O)(=O)CC4)c(F)c2)C=N3)cc1CN1CCNCC1. The Bertz CT molecular complexity index is 1550. The molecule has 1 unspecified atom stereocenters. The lowest BCUT2D eigenvalue weighted by Gasteiger charge is -2.28. The van der Waals surface area contributed by atoms with Gasteiger partial charge in [-0.15, -0.1) is 0 Å². The predicted octanol–water partition coefficient (Wildman–Crippen LogP) is 3.29. The van der Waals surface area contributed by atoms with Gasteiger partial charge >= 0.3 is 0 Å². The lowest BCUT2D eigenvalue weighted by molar-refractivity contribution is 0.233. The molecule has 2 saturated heterocycles. The summed E-state index contributed by atoms with van der Waals surface area (Å²) in [5.74, 6) is -1.47. The van der Waals surface area contributed by atoms with Crippen molar-refractivity contribution in [3.8, 4) is 0 Å². The van der Waals surface area contributed by atoms with Crippen molar-refractivity contribution in [3.05, 3.63) is 76.1 Å². The molecule has 4 heterocycles. The third kappa shape index (κ3) is 6.30. The number of halogens is 2. The van der Waals surface area contributed by atoms with E-state index in [1.54, 1.807) is 17.3 Å². The van der Waals surface area contributed by atoms with Gasteiger partial charge in [-0.1, -0.05) is 6.07 Å². The summed E-state index contributed by atoms with van der Waals surface area (Å²) in [6, 6.07) is 8.82. The van der Waals surface area contributed by atoms with Gasteiger partial charge in [0.1, 0.15) is 17.3 Å². The second kappa shape index (κ2) is 11.5. The van der Waals surface area contributed by atoms with E-state index in [4.69, 9.17) is 0 Å². The molecule has 3 aliphatic rings. The molecule has 0 amide bonds. The number of piperazine rings is 1. The summed E-state index contributed by atoms with van der Waals surface area (Å²) in [6.07, 6.45) is 3.24. The molecule has 2 fully saturated rings. The molecule has 2 aromatic carbocycles. The van der Waals surface area contributed by atoms with E-state index in [0.717, 1.165) is 38.4 Å². The summed E-state index contributed by atoms with van der Waals surface area (Å²) in [5, 5.41) is 6.67. The van der Waals surface area contributed by atoms with Gasteiger partial charge in [0, 0.05) is 69.8 Å². The molecule has 3 aliphatic heterocycles. The van der Waals surface area contributed by atoms with E-state index >= 15 is 8.78 Å². The van der Waals surface area contributed by atoms with E-state index in [1.165, 1.54) is 23.3 Å². The maximum Gasteiger partial charge on any atom is 0.227 e. The van der Waals surface area contributed by atoms with Crippen LogP contribution in [0.2, 0.25) is 0 Å². The molecule has 0 saturated carbocycles. The molecule has 216 valence electrons. The molecular formula is C29H33F2N7O2S. The third-order valence-corrected chi connectivity index (χ3v) is 9.61. The Morgan fingerprint density at radius 2 is 1.71 bits per heavy atom. The predicted molar refractivity (Wildman–Crippen MR) is 155 cm³/mol. The first kappa shape index (κ1) is 27.8. The van der Waals surface area contributed by atoms with E-state index in [1.807, 2.05) is 6.07 Å². The van der Waals surface area contributed by atoms with Gasteiger partial charge in [0.15, 0.2) is 9.84 Å². The zero-order valence-corrected chi connectivity index (χ0v) is 23.7. The molecule has 0 bridgehead atoms. The highest BCUT2D eigenvalue weighted by molar-refractivity contribution is 7.91. The van der Waals surface area contributed by atoms with Crippen molar-refractivity contribution in [1.82, 2.24) is 25.1 Å². The number of aryl methyl sites for hydroxylation is 1. The lowest BCUT2D eigenvalue weighted by atomic mass is 9.95. The molecule has 2 N–H and O–H groups in total. The third-order valence-electron chi connectivity index (χ3n) is 8.01. The first-order chi connectivity index (χ1) is 19.7. The number of nitrogens with zero attached hydrogens (tertiary/aromatic N) is 5. The van der Waals surface area contributed by atoms with Crippen LogP contribution in [-0.4, -0.2) is 85.2 Å². The lowest BCUT2D eigenvalue weighted by Crippen LogP contribution is -2.43. The summed E-state index contributed by atoms with van der Waals surface area (Å²) >= 11 is 0. The fourth-order valence-corrected chi connectivity index (χ4v) is 6.77. The van der Waals surface area contributed by atoms with Gasteiger partial charge in [-0.2, -0.15) is 0 Å². The van der Waals surface area contributed by atoms with Gasteiger partial charge in [-0.3, -0.25) is 14.8 Å². The van der Waals surface area contributed by atoms with Crippen LogP contribution in [0, 0.1) is 18.6 Å². The van der Waals surface area contributed by atoms with E-state index in [0.29, 0.717) is 22.9 Å². The number of hydrogen-bond acceptors (Lipinski definition) is 9. The highest BCUT2D eigenvalue weighted by atomic mass is 32.2. The Morgan fingerprint density at radius 3 is 2.44 bits per heavy atom. The molecule has 3 aromatic rings. The number of rotatable bonds is 7. The molecule has 0 aliphatic carbocycles. The van der Waals surface area contributed by atoms with E-state index < -0.39 is 27.4 Å². The summed E-state index contributed by atoms with van der Waals surface area (Å²) < 4.78 is 53.7. The van der Waals surface area contributed by atoms with E-state index in [-0.39, 0.29) is 36.7 Å². The van der Waals surface area contributed by atoms with Crippen molar-refractivity contribution in [2.45, 2.75) is 25.9 Å². The first-order valence-electron chi connectivity index (χ1n) is 13.9. The molecular weight excluding hydrogens is 548 g/mol. The molecule has 0 radical (unpaired) electrons. The maximum atomic E-state index is 15.2.